The molecule has 0 amide bonds. The standard InChI is InChI=1S/C25H23F4NO7S/c1-33-19-12-7-16(6-5-15-13-20(34-2)24(36-4)21(14-15)35-3)23(22(19)26)30-38(31,32)18-10-8-17(9-11-18)37-25(27,28)29/h5-14,30H,1-4H3/b6-5-. The number of ether oxygens (including phenoxy) is 5. The summed E-state index contributed by atoms with van der Waals surface area (Å²) in [5, 5.41) is 0. The maximum absolute atomic E-state index is 15.2. The van der Waals surface area contributed by atoms with E-state index >= 15 is 4.39 Å². The molecule has 0 saturated carbocycles. The molecule has 204 valence electrons. The van der Waals surface area contributed by atoms with Gasteiger partial charge in [-0.1, -0.05) is 12.2 Å². The van der Waals surface area contributed by atoms with Crippen LogP contribution in [0.4, 0.5) is 23.2 Å². The predicted molar refractivity (Wildman–Crippen MR) is 132 cm³/mol. The highest BCUT2D eigenvalue weighted by Crippen LogP contribution is 2.39. The van der Waals surface area contributed by atoms with E-state index in [2.05, 4.69) is 9.46 Å². The van der Waals surface area contributed by atoms with Crippen LogP contribution in [0.15, 0.2) is 53.4 Å². The molecule has 0 atom stereocenters. The van der Waals surface area contributed by atoms with Crippen molar-refractivity contribution in [2.24, 2.45) is 0 Å². The van der Waals surface area contributed by atoms with Crippen molar-refractivity contribution in [1.82, 2.24) is 0 Å². The highest BCUT2D eigenvalue weighted by Gasteiger charge is 2.31. The van der Waals surface area contributed by atoms with Gasteiger partial charge in [0.25, 0.3) is 10.0 Å². The predicted octanol–water partition coefficient (Wildman–Crippen LogP) is 5.73. The fourth-order valence-electron chi connectivity index (χ4n) is 3.37. The van der Waals surface area contributed by atoms with Crippen molar-refractivity contribution in [2.45, 2.75) is 11.3 Å². The molecule has 0 aliphatic rings. The number of benzene rings is 3. The van der Waals surface area contributed by atoms with Crippen LogP contribution in [0.2, 0.25) is 0 Å². The van der Waals surface area contributed by atoms with E-state index in [9.17, 15) is 21.6 Å². The lowest BCUT2D eigenvalue weighted by molar-refractivity contribution is -0.274. The molecule has 0 aliphatic carbocycles. The number of sulfonamides is 1. The van der Waals surface area contributed by atoms with Crippen molar-refractivity contribution in [1.29, 1.82) is 0 Å². The number of rotatable bonds is 10. The molecule has 3 aromatic rings. The Hall–Kier alpha value is -4.13. The van der Waals surface area contributed by atoms with Crippen LogP contribution in [-0.2, 0) is 10.0 Å². The van der Waals surface area contributed by atoms with Crippen LogP contribution in [0.25, 0.3) is 12.2 Å². The lowest BCUT2D eigenvalue weighted by Gasteiger charge is -2.15. The Kier molecular flexibility index (Phi) is 8.61. The van der Waals surface area contributed by atoms with Gasteiger partial charge in [-0.25, -0.2) is 12.8 Å². The van der Waals surface area contributed by atoms with E-state index in [1.165, 1.54) is 46.6 Å². The lowest BCUT2D eigenvalue weighted by Crippen LogP contribution is -2.18. The van der Waals surface area contributed by atoms with Gasteiger partial charge < -0.3 is 23.7 Å². The van der Waals surface area contributed by atoms with Gasteiger partial charge in [0.2, 0.25) is 5.75 Å². The monoisotopic (exact) mass is 557 g/mol. The molecule has 0 radical (unpaired) electrons. The number of hydrogen-bond donors (Lipinski definition) is 1. The minimum Gasteiger partial charge on any atom is -0.494 e. The smallest absolute Gasteiger partial charge is 0.494 e. The summed E-state index contributed by atoms with van der Waals surface area (Å²) in [6.45, 7) is 0. The van der Waals surface area contributed by atoms with Crippen molar-refractivity contribution < 1.29 is 49.7 Å². The lowest BCUT2D eigenvalue weighted by atomic mass is 10.1. The molecule has 13 heteroatoms. The molecule has 0 aliphatic heterocycles. The van der Waals surface area contributed by atoms with E-state index in [4.69, 9.17) is 18.9 Å². The molecule has 0 unspecified atom stereocenters. The molecule has 1 N–H and O–H groups in total. The fraction of sp³-hybridized carbons (Fsp3) is 0.200. The summed E-state index contributed by atoms with van der Waals surface area (Å²) >= 11 is 0. The van der Waals surface area contributed by atoms with Crippen molar-refractivity contribution >= 4 is 27.9 Å². The first-order chi connectivity index (χ1) is 17.9. The maximum Gasteiger partial charge on any atom is 0.573 e. The van der Waals surface area contributed by atoms with Gasteiger partial charge in [0.1, 0.15) is 5.75 Å². The quantitative estimate of drug-likeness (QED) is 0.251. The minimum atomic E-state index is -4.94. The van der Waals surface area contributed by atoms with Gasteiger partial charge in [-0.3, -0.25) is 4.72 Å². The summed E-state index contributed by atoms with van der Waals surface area (Å²) in [5.41, 5.74) is 0.242. The molecule has 0 aromatic heterocycles. The summed E-state index contributed by atoms with van der Waals surface area (Å²) in [6, 6.07) is 9.45. The van der Waals surface area contributed by atoms with Crippen LogP contribution in [-0.4, -0.2) is 43.2 Å². The van der Waals surface area contributed by atoms with E-state index in [1.54, 1.807) is 18.2 Å². The van der Waals surface area contributed by atoms with Crippen LogP contribution in [0.3, 0.4) is 0 Å². The zero-order valence-electron chi connectivity index (χ0n) is 20.6. The van der Waals surface area contributed by atoms with Gasteiger partial charge in [0, 0.05) is 5.56 Å². The minimum absolute atomic E-state index is 0.123. The van der Waals surface area contributed by atoms with Crippen molar-refractivity contribution in [3.05, 3.63) is 65.5 Å². The molecule has 0 spiro atoms. The molecule has 38 heavy (non-hydrogen) atoms. The van der Waals surface area contributed by atoms with Crippen LogP contribution in [0.1, 0.15) is 11.1 Å². The van der Waals surface area contributed by atoms with Gasteiger partial charge in [0.15, 0.2) is 23.1 Å². The number of halogens is 4. The molecular weight excluding hydrogens is 534 g/mol. The van der Waals surface area contributed by atoms with Crippen molar-refractivity contribution in [3.63, 3.8) is 0 Å². The molecule has 3 rings (SSSR count). The Morgan fingerprint density at radius 3 is 1.87 bits per heavy atom. The highest BCUT2D eigenvalue weighted by atomic mass is 32.2. The van der Waals surface area contributed by atoms with Gasteiger partial charge in [-0.2, -0.15) is 0 Å². The highest BCUT2D eigenvalue weighted by molar-refractivity contribution is 7.92. The third-order valence-electron chi connectivity index (χ3n) is 5.11. The van der Waals surface area contributed by atoms with Gasteiger partial charge in [-0.05, 0) is 54.1 Å². The van der Waals surface area contributed by atoms with E-state index in [0.717, 1.165) is 24.3 Å². The molecule has 0 heterocycles. The molecule has 0 saturated heterocycles. The average molecular weight is 558 g/mol. The van der Waals surface area contributed by atoms with Crippen molar-refractivity contribution in [2.75, 3.05) is 33.2 Å². The van der Waals surface area contributed by atoms with Crippen LogP contribution in [0, 0.1) is 5.82 Å². The summed E-state index contributed by atoms with van der Waals surface area (Å²) < 4.78 is 105. The Balaban J connectivity index is 2.00. The van der Waals surface area contributed by atoms with Crippen LogP contribution < -0.4 is 28.4 Å². The van der Waals surface area contributed by atoms with E-state index in [0.29, 0.717) is 22.8 Å². The molecular formula is C25H23F4NO7S. The van der Waals surface area contributed by atoms with Gasteiger partial charge in [-0.15, -0.1) is 13.2 Å². The summed E-state index contributed by atoms with van der Waals surface area (Å²) in [5.74, 6) is -0.750. The van der Waals surface area contributed by atoms with Crippen LogP contribution >= 0.6 is 0 Å². The second-order valence-electron chi connectivity index (χ2n) is 7.46. The largest absolute Gasteiger partial charge is 0.573 e. The zero-order chi connectivity index (χ0) is 28.1. The van der Waals surface area contributed by atoms with E-state index in [1.807, 2.05) is 0 Å². The van der Waals surface area contributed by atoms with Gasteiger partial charge in [0.05, 0.1) is 39.0 Å². The molecule has 0 bridgehead atoms. The number of anilines is 1. The Morgan fingerprint density at radius 2 is 1.37 bits per heavy atom. The second kappa shape index (κ2) is 11.5. The van der Waals surface area contributed by atoms with Crippen LogP contribution in [0.5, 0.6) is 28.7 Å². The topological polar surface area (TPSA) is 92.3 Å². The maximum atomic E-state index is 15.2. The van der Waals surface area contributed by atoms with Crippen molar-refractivity contribution in [3.8, 4) is 28.7 Å². The SMILES string of the molecule is COc1ccc(/C=C\c2cc(OC)c(OC)c(OC)c2)c(NS(=O)(=O)c2ccc(OC(F)(F)F)cc2)c1F. The number of alkyl halides is 3. The van der Waals surface area contributed by atoms with E-state index in [-0.39, 0.29) is 11.3 Å². The van der Waals surface area contributed by atoms with E-state index < -0.39 is 38.5 Å². The average Bonchev–Trinajstić information content (AvgIpc) is 2.87. The normalized spacial score (nSPS) is 11.8. The third kappa shape index (κ3) is 6.59. The summed E-state index contributed by atoms with van der Waals surface area (Å²) in [4.78, 5) is -0.422. The Bertz CT molecular complexity index is 1400. The fourth-order valence-corrected chi connectivity index (χ4v) is 4.46. The zero-order valence-corrected chi connectivity index (χ0v) is 21.4. The first-order valence-corrected chi connectivity index (χ1v) is 12.1. The number of hydrogen-bond acceptors (Lipinski definition) is 7. The van der Waals surface area contributed by atoms with Gasteiger partial charge >= 0.3 is 6.36 Å². The first kappa shape index (κ1) is 28.4. The molecule has 0 fully saturated rings. The summed E-state index contributed by atoms with van der Waals surface area (Å²) in [6.07, 6.45) is -1.93. The summed E-state index contributed by atoms with van der Waals surface area (Å²) in [7, 11) is 1.12. The first-order valence-electron chi connectivity index (χ1n) is 10.7. The second-order valence-corrected chi connectivity index (χ2v) is 9.15. The number of methoxy groups -OCH3 is 4. The Labute approximate surface area is 216 Å². The molecule has 3 aromatic carbocycles. The molecule has 8 nitrogen and oxygen atoms in total. The third-order valence-corrected chi connectivity index (χ3v) is 6.47. The number of nitrogens with one attached hydrogen (secondary N) is 1. The Morgan fingerprint density at radius 1 is 0.789 bits per heavy atom.